The monoisotopic (exact) mass is 237 g/mol. The molecule has 0 bridgehead atoms. The summed E-state index contributed by atoms with van der Waals surface area (Å²) in [6.07, 6.45) is 2.16. The smallest absolute Gasteiger partial charge is 0.243 e. The predicted octanol–water partition coefficient (Wildman–Crippen LogP) is 1.70. The van der Waals surface area contributed by atoms with Crippen LogP contribution in [0.5, 0.6) is 0 Å². The standard InChI is InChI=1S/C12H19N3O2/c1-8-7-9(15-17-8)14-11(16)10-12(2,3)5-4-6-13-10/h7,10,13H,4-6H2,1-3H3,(H,14,15,16). The van der Waals surface area contributed by atoms with E-state index in [-0.39, 0.29) is 17.4 Å². The molecule has 1 amide bonds. The summed E-state index contributed by atoms with van der Waals surface area (Å²) in [4.78, 5) is 12.1. The van der Waals surface area contributed by atoms with E-state index in [2.05, 4.69) is 29.6 Å². The van der Waals surface area contributed by atoms with Crippen LogP contribution in [0, 0.1) is 12.3 Å². The minimum Gasteiger partial charge on any atom is -0.360 e. The van der Waals surface area contributed by atoms with Gasteiger partial charge in [0.2, 0.25) is 5.91 Å². The third-order valence-corrected chi connectivity index (χ3v) is 3.27. The molecular formula is C12H19N3O2. The summed E-state index contributed by atoms with van der Waals surface area (Å²) >= 11 is 0. The second-order valence-electron chi connectivity index (χ2n) is 5.29. The van der Waals surface area contributed by atoms with Crippen molar-refractivity contribution >= 4 is 11.7 Å². The fourth-order valence-corrected chi connectivity index (χ4v) is 2.28. The molecule has 1 aromatic rings. The van der Waals surface area contributed by atoms with Crippen LogP contribution in [0.1, 0.15) is 32.4 Å². The predicted molar refractivity (Wildman–Crippen MR) is 64.7 cm³/mol. The summed E-state index contributed by atoms with van der Waals surface area (Å²) in [6.45, 7) is 6.90. The molecule has 0 spiro atoms. The highest BCUT2D eigenvalue weighted by molar-refractivity contribution is 5.94. The Morgan fingerprint density at radius 3 is 3.00 bits per heavy atom. The molecule has 94 valence electrons. The van der Waals surface area contributed by atoms with Crippen LogP contribution >= 0.6 is 0 Å². The molecule has 1 aliphatic rings. The number of hydrogen-bond donors (Lipinski definition) is 2. The van der Waals surface area contributed by atoms with Crippen molar-refractivity contribution < 1.29 is 9.32 Å². The second kappa shape index (κ2) is 4.49. The summed E-state index contributed by atoms with van der Waals surface area (Å²) < 4.78 is 4.92. The summed E-state index contributed by atoms with van der Waals surface area (Å²) in [6, 6.07) is 1.54. The average Bonchev–Trinajstić information content (AvgIpc) is 2.63. The number of amides is 1. The molecule has 0 aromatic carbocycles. The molecule has 1 fully saturated rings. The van der Waals surface area contributed by atoms with Crippen molar-refractivity contribution in [2.75, 3.05) is 11.9 Å². The molecule has 2 rings (SSSR count). The van der Waals surface area contributed by atoms with Gasteiger partial charge in [0.05, 0.1) is 6.04 Å². The van der Waals surface area contributed by atoms with Gasteiger partial charge in [0.25, 0.3) is 0 Å². The highest BCUT2D eigenvalue weighted by atomic mass is 16.5. The van der Waals surface area contributed by atoms with Crippen LogP contribution in [-0.4, -0.2) is 23.7 Å². The van der Waals surface area contributed by atoms with Gasteiger partial charge in [-0.1, -0.05) is 19.0 Å². The second-order valence-corrected chi connectivity index (χ2v) is 5.29. The molecule has 5 nitrogen and oxygen atoms in total. The van der Waals surface area contributed by atoms with Crippen LogP contribution < -0.4 is 10.6 Å². The zero-order valence-electron chi connectivity index (χ0n) is 10.5. The Morgan fingerprint density at radius 1 is 1.65 bits per heavy atom. The molecule has 1 atom stereocenters. The molecule has 0 aliphatic carbocycles. The van der Waals surface area contributed by atoms with Crippen molar-refractivity contribution in [3.63, 3.8) is 0 Å². The van der Waals surface area contributed by atoms with Crippen molar-refractivity contribution in [2.45, 2.75) is 39.7 Å². The molecule has 1 aliphatic heterocycles. The fourth-order valence-electron chi connectivity index (χ4n) is 2.28. The number of carbonyl (C=O) groups excluding carboxylic acids is 1. The van der Waals surface area contributed by atoms with Gasteiger partial charge in [-0.25, -0.2) is 0 Å². The minimum absolute atomic E-state index is 0.0267. The van der Waals surface area contributed by atoms with Gasteiger partial charge in [0, 0.05) is 6.07 Å². The Morgan fingerprint density at radius 2 is 2.41 bits per heavy atom. The maximum absolute atomic E-state index is 12.1. The SMILES string of the molecule is Cc1cc(NC(=O)C2NCCCC2(C)C)no1. The Labute approximate surface area is 101 Å². The lowest BCUT2D eigenvalue weighted by molar-refractivity contribution is -0.121. The third kappa shape index (κ3) is 2.66. The topological polar surface area (TPSA) is 67.2 Å². The number of hydrogen-bond acceptors (Lipinski definition) is 4. The molecular weight excluding hydrogens is 218 g/mol. The van der Waals surface area contributed by atoms with E-state index in [1.165, 1.54) is 0 Å². The van der Waals surface area contributed by atoms with Gasteiger partial charge in [-0.05, 0) is 31.7 Å². The number of rotatable bonds is 2. The molecule has 2 heterocycles. The van der Waals surface area contributed by atoms with E-state index < -0.39 is 0 Å². The molecule has 1 saturated heterocycles. The van der Waals surface area contributed by atoms with Gasteiger partial charge in [0.15, 0.2) is 5.82 Å². The molecule has 0 radical (unpaired) electrons. The first kappa shape index (κ1) is 12.1. The molecule has 17 heavy (non-hydrogen) atoms. The van der Waals surface area contributed by atoms with E-state index in [4.69, 9.17) is 4.52 Å². The van der Waals surface area contributed by atoms with Gasteiger partial charge in [-0.3, -0.25) is 4.79 Å². The Kier molecular flexibility index (Phi) is 3.19. The zero-order chi connectivity index (χ0) is 12.5. The van der Waals surface area contributed by atoms with Crippen LogP contribution in [-0.2, 0) is 4.79 Å². The van der Waals surface area contributed by atoms with Crippen molar-refractivity contribution in [3.8, 4) is 0 Å². The maximum atomic E-state index is 12.1. The van der Waals surface area contributed by atoms with E-state index in [1.807, 2.05) is 0 Å². The zero-order valence-corrected chi connectivity index (χ0v) is 10.5. The van der Waals surface area contributed by atoms with Gasteiger partial charge in [0.1, 0.15) is 5.76 Å². The lowest BCUT2D eigenvalue weighted by atomic mass is 9.77. The molecule has 1 aromatic heterocycles. The number of nitrogens with one attached hydrogen (secondary N) is 2. The van der Waals surface area contributed by atoms with E-state index in [1.54, 1.807) is 13.0 Å². The highest BCUT2D eigenvalue weighted by Crippen LogP contribution is 2.30. The van der Waals surface area contributed by atoms with Crippen LogP contribution in [0.4, 0.5) is 5.82 Å². The summed E-state index contributed by atoms with van der Waals surface area (Å²) in [5, 5.41) is 9.81. The van der Waals surface area contributed by atoms with E-state index in [0.29, 0.717) is 11.6 Å². The first-order valence-corrected chi connectivity index (χ1v) is 5.96. The summed E-state index contributed by atoms with van der Waals surface area (Å²) in [5.74, 6) is 1.13. The van der Waals surface area contributed by atoms with Crippen molar-refractivity contribution in [3.05, 3.63) is 11.8 Å². The van der Waals surface area contributed by atoms with Crippen LogP contribution in [0.3, 0.4) is 0 Å². The lowest BCUT2D eigenvalue weighted by Crippen LogP contribution is -2.53. The molecule has 2 N–H and O–H groups in total. The number of piperidine rings is 1. The normalized spacial score (nSPS) is 23.4. The van der Waals surface area contributed by atoms with Crippen LogP contribution in [0.25, 0.3) is 0 Å². The summed E-state index contributed by atoms with van der Waals surface area (Å²) in [5.41, 5.74) is -0.0267. The third-order valence-electron chi connectivity index (χ3n) is 3.27. The van der Waals surface area contributed by atoms with Crippen LogP contribution in [0.2, 0.25) is 0 Å². The molecule has 0 saturated carbocycles. The number of anilines is 1. The van der Waals surface area contributed by atoms with E-state index >= 15 is 0 Å². The number of aryl methyl sites for hydroxylation is 1. The Hall–Kier alpha value is -1.36. The van der Waals surface area contributed by atoms with E-state index in [9.17, 15) is 4.79 Å². The quantitative estimate of drug-likeness (QED) is 0.821. The number of aromatic nitrogens is 1. The molecule has 5 heteroatoms. The fraction of sp³-hybridized carbons (Fsp3) is 0.667. The Balaban J connectivity index is 2.04. The largest absolute Gasteiger partial charge is 0.360 e. The van der Waals surface area contributed by atoms with Crippen molar-refractivity contribution in [1.29, 1.82) is 0 Å². The first-order valence-electron chi connectivity index (χ1n) is 5.96. The van der Waals surface area contributed by atoms with Gasteiger partial charge in [-0.15, -0.1) is 0 Å². The molecule has 1 unspecified atom stereocenters. The number of carbonyl (C=O) groups is 1. The Bertz CT molecular complexity index is 412. The lowest BCUT2D eigenvalue weighted by Gasteiger charge is -2.37. The van der Waals surface area contributed by atoms with Crippen molar-refractivity contribution in [1.82, 2.24) is 10.5 Å². The maximum Gasteiger partial charge on any atom is 0.243 e. The highest BCUT2D eigenvalue weighted by Gasteiger charge is 2.37. The summed E-state index contributed by atoms with van der Waals surface area (Å²) in [7, 11) is 0. The van der Waals surface area contributed by atoms with Gasteiger partial charge < -0.3 is 15.2 Å². The van der Waals surface area contributed by atoms with Gasteiger partial charge in [-0.2, -0.15) is 0 Å². The first-order chi connectivity index (χ1) is 7.99. The van der Waals surface area contributed by atoms with Crippen LogP contribution in [0.15, 0.2) is 10.6 Å². The van der Waals surface area contributed by atoms with Gasteiger partial charge >= 0.3 is 0 Å². The average molecular weight is 237 g/mol. The van der Waals surface area contributed by atoms with E-state index in [0.717, 1.165) is 19.4 Å². The number of nitrogens with zero attached hydrogens (tertiary/aromatic N) is 1. The van der Waals surface area contributed by atoms with Crippen molar-refractivity contribution in [2.24, 2.45) is 5.41 Å². The minimum atomic E-state index is -0.173.